The second-order valence-electron chi connectivity index (χ2n) is 16.7. The molecular weight excluding hydrogens is 683 g/mol. The predicted molar refractivity (Wildman–Crippen MR) is 224 cm³/mol. The van der Waals surface area contributed by atoms with E-state index in [-0.39, 0.29) is 25.5 Å². The zero-order valence-electron chi connectivity index (χ0n) is 35.7. The van der Waals surface area contributed by atoms with Crippen molar-refractivity contribution in [3.63, 3.8) is 0 Å². The maximum Gasteiger partial charge on any atom is 0.268 e. The molecular formula is C44H89N2O6P. The van der Waals surface area contributed by atoms with E-state index in [0.717, 1.165) is 19.3 Å². The van der Waals surface area contributed by atoms with Crippen molar-refractivity contribution in [2.75, 3.05) is 40.9 Å². The summed E-state index contributed by atoms with van der Waals surface area (Å²) in [4.78, 5) is 24.1. The highest BCUT2D eigenvalue weighted by Gasteiger charge is 2.22. The molecule has 0 aliphatic rings. The summed E-state index contributed by atoms with van der Waals surface area (Å²) in [5.74, 6) is -0.284. The second kappa shape index (κ2) is 36.9. The highest BCUT2D eigenvalue weighted by atomic mass is 31.2. The minimum absolute atomic E-state index is 0.00158. The summed E-state index contributed by atoms with van der Waals surface area (Å²) < 4.78 is 22.7. The van der Waals surface area contributed by atoms with Gasteiger partial charge in [0.1, 0.15) is 13.2 Å². The van der Waals surface area contributed by atoms with Crippen LogP contribution in [0.3, 0.4) is 0 Å². The maximum atomic E-state index is 12.2. The van der Waals surface area contributed by atoms with Gasteiger partial charge in [-0.15, -0.1) is 0 Å². The average Bonchev–Trinajstić information content (AvgIpc) is 3.11. The largest absolute Gasteiger partial charge is 0.756 e. The van der Waals surface area contributed by atoms with E-state index >= 15 is 0 Å². The maximum absolute atomic E-state index is 12.2. The molecule has 0 bridgehead atoms. The number of nitrogens with zero attached hydrogens (tertiary/aromatic N) is 1. The molecule has 53 heavy (non-hydrogen) atoms. The van der Waals surface area contributed by atoms with Crippen molar-refractivity contribution < 1.29 is 32.9 Å². The summed E-state index contributed by atoms with van der Waals surface area (Å²) in [7, 11) is 1.26. The van der Waals surface area contributed by atoms with Gasteiger partial charge in [-0.2, -0.15) is 0 Å². The van der Waals surface area contributed by atoms with Crippen LogP contribution in [0.25, 0.3) is 0 Å². The van der Waals surface area contributed by atoms with Gasteiger partial charge < -0.3 is 28.8 Å². The molecule has 0 spiro atoms. The van der Waals surface area contributed by atoms with Crippen LogP contribution in [0.2, 0.25) is 0 Å². The Hall–Kier alpha value is -0.760. The number of phosphoric ester groups is 1. The SMILES string of the molecule is CCCCCCCCCCCCCCCCCCCCCCCCCCCCCCC/C=C/C(O)C(COP(=O)([O-])OCC[N+](C)(C)C)NC(=O)CC. The van der Waals surface area contributed by atoms with E-state index in [0.29, 0.717) is 11.0 Å². The summed E-state index contributed by atoms with van der Waals surface area (Å²) in [6, 6.07) is -0.878. The zero-order valence-corrected chi connectivity index (χ0v) is 36.6. The summed E-state index contributed by atoms with van der Waals surface area (Å²) in [6.45, 7) is 4.10. The standard InChI is InChI=1S/C44H89N2O6P/c1-6-8-9-10-11-12-13-14-15-16-17-18-19-20-21-22-23-24-25-26-27-28-29-30-31-32-33-34-35-36-37-38-43(47)42(45-44(48)7-2)41-52-53(49,50)51-40-39-46(3,4)5/h37-38,42-43,47H,6-36,39-41H2,1-5H3,(H-,45,48,49,50)/b38-37+. The quantitative estimate of drug-likeness (QED) is 0.0277. The van der Waals surface area contributed by atoms with E-state index in [1.165, 1.54) is 173 Å². The van der Waals surface area contributed by atoms with E-state index < -0.39 is 20.0 Å². The second-order valence-corrected chi connectivity index (χ2v) is 18.1. The fraction of sp³-hybridized carbons (Fsp3) is 0.932. The van der Waals surface area contributed by atoms with Gasteiger partial charge in [0, 0.05) is 6.42 Å². The lowest BCUT2D eigenvalue weighted by Crippen LogP contribution is -2.45. The van der Waals surface area contributed by atoms with Crippen LogP contribution in [0.15, 0.2) is 12.2 Å². The summed E-state index contributed by atoms with van der Waals surface area (Å²) in [5, 5.41) is 13.3. The molecule has 0 saturated carbocycles. The number of allylic oxidation sites excluding steroid dienone is 1. The van der Waals surface area contributed by atoms with E-state index in [9.17, 15) is 19.4 Å². The van der Waals surface area contributed by atoms with E-state index in [1.54, 1.807) is 13.0 Å². The zero-order chi connectivity index (χ0) is 39.3. The lowest BCUT2D eigenvalue weighted by Gasteiger charge is -2.29. The molecule has 0 radical (unpaired) electrons. The van der Waals surface area contributed by atoms with Crippen LogP contribution in [0, 0.1) is 0 Å². The van der Waals surface area contributed by atoms with Gasteiger partial charge in [-0.3, -0.25) is 9.36 Å². The first-order valence-electron chi connectivity index (χ1n) is 22.6. The molecule has 0 aromatic carbocycles. The number of aliphatic hydroxyl groups excluding tert-OH is 1. The van der Waals surface area contributed by atoms with Gasteiger partial charge in [-0.25, -0.2) is 0 Å². The Balaban J connectivity index is 3.63. The molecule has 1 amide bonds. The topological polar surface area (TPSA) is 108 Å². The molecule has 0 aliphatic heterocycles. The summed E-state index contributed by atoms with van der Waals surface area (Å²) in [6.07, 6.45) is 43.9. The highest BCUT2D eigenvalue weighted by Crippen LogP contribution is 2.38. The first-order valence-corrected chi connectivity index (χ1v) is 24.0. The monoisotopic (exact) mass is 773 g/mol. The van der Waals surface area contributed by atoms with Crippen LogP contribution in [0.4, 0.5) is 0 Å². The van der Waals surface area contributed by atoms with Crippen molar-refractivity contribution in [1.82, 2.24) is 5.32 Å². The van der Waals surface area contributed by atoms with Crippen LogP contribution in [-0.2, 0) is 18.4 Å². The van der Waals surface area contributed by atoms with Gasteiger partial charge in [0.15, 0.2) is 0 Å². The molecule has 0 rings (SSSR count). The molecule has 3 atom stereocenters. The Kier molecular flexibility index (Phi) is 36.3. The third kappa shape index (κ3) is 39.3. The fourth-order valence-corrected chi connectivity index (χ4v) is 7.37. The average molecular weight is 773 g/mol. The molecule has 9 heteroatoms. The van der Waals surface area contributed by atoms with Gasteiger partial charge in [-0.05, 0) is 12.8 Å². The van der Waals surface area contributed by atoms with Crippen molar-refractivity contribution in [3.8, 4) is 0 Å². The van der Waals surface area contributed by atoms with Gasteiger partial charge in [0.05, 0.1) is 39.9 Å². The number of quaternary nitrogens is 1. The Bertz CT molecular complexity index is 880. The lowest BCUT2D eigenvalue weighted by molar-refractivity contribution is -0.870. The normalized spacial score (nSPS) is 14.5. The molecule has 0 saturated heterocycles. The molecule has 3 unspecified atom stereocenters. The Morgan fingerprint density at radius 1 is 0.642 bits per heavy atom. The van der Waals surface area contributed by atoms with Crippen LogP contribution in [0.5, 0.6) is 0 Å². The van der Waals surface area contributed by atoms with Gasteiger partial charge in [-0.1, -0.05) is 206 Å². The minimum Gasteiger partial charge on any atom is -0.756 e. The minimum atomic E-state index is -4.55. The fourth-order valence-electron chi connectivity index (χ4n) is 6.65. The molecule has 0 fully saturated rings. The third-order valence-electron chi connectivity index (χ3n) is 10.3. The van der Waals surface area contributed by atoms with Crippen molar-refractivity contribution >= 4 is 13.7 Å². The smallest absolute Gasteiger partial charge is 0.268 e. The van der Waals surface area contributed by atoms with Crippen molar-refractivity contribution in [3.05, 3.63) is 12.2 Å². The molecule has 0 aromatic heterocycles. The molecule has 0 aromatic rings. The van der Waals surface area contributed by atoms with Gasteiger partial charge in [0.25, 0.3) is 7.82 Å². The Labute approximate surface area is 329 Å². The number of carbonyl (C=O) groups is 1. The Morgan fingerprint density at radius 3 is 1.34 bits per heavy atom. The molecule has 8 nitrogen and oxygen atoms in total. The number of nitrogens with one attached hydrogen (secondary N) is 1. The molecule has 2 N–H and O–H groups in total. The number of phosphoric acid groups is 1. The van der Waals surface area contributed by atoms with Gasteiger partial charge in [0.2, 0.25) is 5.91 Å². The number of rotatable bonds is 41. The molecule has 316 valence electrons. The van der Waals surface area contributed by atoms with Crippen molar-refractivity contribution in [1.29, 1.82) is 0 Å². The number of aliphatic hydroxyl groups is 1. The predicted octanol–water partition coefficient (Wildman–Crippen LogP) is 11.7. The Morgan fingerprint density at radius 2 is 1.00 bits per heavy atom. The van der Waals surface area contributed by atoms with Crippen LogP contribution in [0.1, 0.15) is 213 Å². The number of hydrogen-bond donors (Lipinski definition) is 2. The summed E-state index contributed by atoms with van der Waals surface area (Å²) in [5.41, 5.74) is 0. The lowest BCUT2D eigenvalue weighted by atomic mass is 10.0. The van der Waals surface area contributed by atoms with E-state index in [4.69, 9.17) is 9.05 Å². The van der Waals surface area contributed by atoms with Gasteiger partial charge >= 0.3 is 0 Å². The van der Waals surface area contributed by atoms with Crippen LogP contribution in [-0.4, -0.2) is 68.5 Å². The first-order chi connectivity index (χ1) is 25.5. The third-order valence-corrected chi connectivity index (χ3v) is 11.3. The van der Waals surface area contributed by atoms with E-state index in [1.807, 2.05) is 27.2 Å². The first kappa shape index (κ1) is 52.2. The number of hydrogen-bond acceptors (Lipinski definition) is 6. The summed E-state index contributed by atoms with van der Waals surface area (Å²) >= 11 is 0. The molecule has 0 heterocycles. The van der Waals surface area contributed by atoms with Crippen molar-refractivity contribution in [2.24, 2.45) is 0 Å². The van der Waals surface area contributed by atoms with Crippen LogP contribution >= 0.6 is 7.82 Å². The number of carbonyl (C=O) groups excluding carboxylic acids is 1. The number of likely N-dealkylation sites (N-methyl/N-ethyl adjacent to an activating group) is 1. The number of amides is 1. The van der Waals surface area contributed by atoms with Crippen LogP contribution < -0.4 is 10.2 Å². The number of unbranched alkanes of at least 4 members (excludes halogenated alkanes) is 29. The van der Waals surface area contributed by atoms with E-state index in [2.05, 4.69) is 12.2 Å². The molecule has 0 aliphatic carbocycles. The highest BCUT2D eigenvalue weighted by molar-refractivity contribution is 7.45. The van der Waals surface area contributed by atoms with Crippen molar-refractivity contribution in [2.45, 2.75) is 225 Å².